The fourth-order valence-electron chi connectivity index (χ4n) is 2.21. The Morgan fingerprint density at radius 1 is 0.917 bits per heavy atom. The molecule has 0 spiro atoms. The molecule has 0 bridgehead atoms. The predicted molar refractivity (Wildman–Crippen MR) is 98.4 cm³/mol. The van der Waals surface area contributed by atoms with E-state index in [2.05, 4.69) is 10.6 Å². The van der Waals surface area contributed by atoms with Crippen LogP contribution in [0.1, 0.15) is 42.3 Å². The smallest absolute Gasteiger partial charge is 0.255 e. The van der Waals surface area contributed by atoms with E-state index >= 15 is 0 Å². The highest BCUT2D eigenvalue weighted by atomic mass is 16.2. The summed E-state index contributed by atoms with van der Waals surface area (Å²) >= 11 is 0. The van der Waals surface area contributed by atoms with Gasteiger partial charge in [-0.15, -0.1) is 0 Å². The van der Waals surface area contributed by atoms with Crippen LogP contribution in [0, 0.1) is 19.3 Å². The Kier molecular flexibility index (Phi) is 5.07. The summed E-state index contributed by atoms with van der Waals surface area (Å²) in [6.07, 6.45) is 0. The monoisotopic (exact) mass is 324 g/mol. The van der Waals surface area contributed by atoms with Crippen molar-refractivity contribution in [3.8, 4) is 0 Å². The number of carbonyl (C=O) groups is 2. The molecule has 0 fully saturated rings. The fraction of sp³-hybridized carbons (Fsp3) is 0.300. The number of amides is 2. The summed E-state index contributed by atoms with van der Waals surface area (Å²) in [7, 11) is 0. The van der Waals surface area contributed by atoms with E-state index in [1.807, 2.05) is 52.8 Å². The SMILES string of the molecule is Cc1ccc(NC(=O)c2cccc(NC(=O)C(C)(C)C)c2)c(C)c1. The Morgan fingerprint density at radius 2 is 1.62 bits per heavy atom. The number of benzene rings is 2. The molecule has 0 radical (unpaired) electrons. The van der Waals surface area contributed by atoms with E-state index in [9.17, 15) is 9.59 Å². The first-order chi connectivity index (χ1) is 11.2. The van der Waals surface area contributed by atoms with Gasteiger partial charge in [0.15, 0.2) is 0 Å². The standard InChI is InChI=1S/C20H24N2O2/c1-13-9-10-17(14(2)11-13)22-18(23)15-7-6-8-16(12-15)21-19(24)20(3,4)5/h6-12H,1-5H3,(H,21,24)(H,22,23). The molecular weight excluding hydrogens is 300 g/mol. The van der Waals surface area contributed by atoms with Gasteiger partial charge in [-0.25, -0.2) is 0 Å². The van der Waals surface area contributed by atoms with E-state index in [0.29, 0.717) is 11.3 Å². The minimum absolute atomic E-state index is 0.0885. The molecule has 0 aliphatic carbocycles. The van der Waals surface area contributed by atoms with Crippen molar-refractivity contribution in [3.63, 3.8) is 0 Å². The van der Waals surface area contributed by atoms with Crippen LogP contribution in [0.4, 0.5) is 11.4 Å². The Bertz CT molecular complexity index is 773. The average molecular weight is 324 g/mol. The van der Waals surface area contributed by atoms with Gasteiger partial charge < -0.3 is 10.6 Å². The molecule has 0 saturated carbocycles. The lowest BCUT2D eigenvalue weighted by Gasteiger charge is -2.18. The maximum atomic E-state index is 12.5. The first-order valence-electron chi connectivity index (χ1n) is 7.97. The minimum Gasteiger partial charge on any atom is -0.326 e. The Morgan fingerprint density at radius 3 is 2.25 bits per heavy atom. The van der Waals surface area contributed by atoms with Crippen molar-refractivity contribution >= 4 is 23.2 Å². The third-order valence-corrected chi connectivity index (χ3v) is 3.69. The van der Waals surface area contributed by atoms with Gasteiger partial charge >= 0.3 is 0 Å². The third-order valence-electron chi connectivity index (χ3n) is 3.69. The number of hydrogen-bond acceptors (Lipinski definition) is 2. The van der Waals surface area contributed by atoms with Gasteiger partial charge in [-0.2, -0.15) is 0 Å². The van der Waals surface area contributed by atoms with Crippen LogP contribution in [-0.2, 0) is 4.79 Å². The van der Waals surface area contributed by atoms with Crippen molar-refractivity contribution in [2.75, 3.05) is 10.6 Å². The number of carbonyl (C=O) groups excluding carboxylic acids is 2. The molecule has 0 saturated heterocycles. The second-order valence-corrected chi connectivity index (χ2v) is 7.06. The summed E-state index contributed by atoms with van der Waals surface area (Å²) in [6.45, 7) is 9.51. The van der Waals surface area contributed by atoms with Gasteiger partial charge in [0.25, 0.3) is 5.91 Å². The molecular formula is C20H24N2O2. The van der Waals surface area contributed by atoms with Crippen LogP contribution >= 0.6 is 0 Å². The van der Waals surface area contributed by atoms with E-state index in [0.717, 1.165) is 16.8 Å². The maximum Gasteiger partial charge on any atom is 0.255 e. The molecule has 0 aliphatic heterocycles. The zero-order valence-corrected chi connectivity index (χ0v) is 14.9. The molecule has 0 aromatic heterocycles. The minimum atomic E-state index is -0.489. The predicted octanol–water partition coefficient (Wildman–Crippen LogP) is 4.54. The van der Waals surface area contributed by atoms with Gasteiger partial charge in [-0.1, -0.05) is 44.5 Å². The highest BCUT2D eigenvalue weighted by Crippen LogP contribution is 2.20. The van der Waals surface area contributed by atoms with Crippen molar-refractivity contribution in [3.05, 3.63) is 59.2 Å². The number of nitrogens with one attached hydrogen (secondary N) is 2. The quantitative estimate of drug-likeness (QED) is 0.871. The number of anilines is 2. The fourth-order valence-corrected chi connectivity index (χ4v) is 2.21. The van der Waals surface area contributed by atoms with Gasteiger partial charge in [-0.05, 0) is 43.7 Å². The van der Waals surface area contributed by atoms with Gasteiger partial charge in [0.05, 0.1) is 0 Å². The van der Waals surface area contributed by atoms with E-state index in [1.54, 1.807) is 24.3 Å². The molecule has 4 nitrogen and oxygen atoms in total. The summed E-state index contributed by atoms with van der Waals surface area (Å²) in [6, 6.07) is 12.8. The Labute approximate surface area is 143 Å². The molecule has 2 rings (SSSR count). The Balaban J connectivity index is 2.16. The van der Waals surface area contributed by atoms with Gasteiger partial charge in [0.2, 0.25) is 5.91 Å². The van der Waals surface area contributed by atoms with E-state index in [4.69, 9.17) is 0 Å². The molecule has 0 heterocycles. The van der Waals surface area contributed by atoms with Crippen molar-refractivity contribution in [2.45, 2.75) is 34.6 Å². The van der Waals surface area contributed by atoms with Crippen LogP contribution in [0.15, 0.2) is 42.5 Å². The molecule has 126 valence electrons. The first kappa shape index (κ1) is 17.7. The van der Waals surface area contributed by atoms with Gasteiger partial charge in [0.1, 0.15) is 0 Å². The highest BCUT2D eigenvalue weighted by Gasteiger charge is 2.21. The van der Waals surface area contributed by atoms with Crippen LogP contribution in [0.25, 0.3) is 0 Å². The van der Waals surface area contributed by atoms with Gasteiger partial charge in [0, 0.05) is 22.4 Å². The second kappa shape index (κ2) is 6.87. The summed E-state index contributed by atoms with van der Waals surface area (Å²) in [4.78, 5) is 24.5. The lowest BCUT2D eigenvalue weighted by molar-refractivity contribution is -0.123. The van der Waals surface area contributed by atoms with E-state index < -0.39 is 5.41 Å². The molecule has 2 aromatic carbocycles. The van der Waals surface area contributed by atoms with Crippen molar-refractivity contribution in [1.29, 1.82) is 0 Å². The van der Waals surface area contributed by atoms with E-state index in [1.165, 1.54) is 0 Å². The zero-order valence-electron chi connectivity index (χ0n) is 14.9. The molecule has 2 aromatic rings. The van der Waals surface area contributed by atoms with Crippen molar-refractivity contribution in [2.24, 2.45) is 5.41 Å². The normalized spacial score (nSPS) is 11.0. The van der Waals surface area contributed by atoms with Crippen LogP contribution in [0.2, 0.25) is 0 Å². The van der Waals surface area contributed by atoms with E-state index in [-0.39, 0.29) is 11.8 Å². The lowest BCUT2D eigenvalue weighted by Crippen LogP contribution is -2.27. The molecule has 0 aliphatic rings. The molecule has 0 unspecified atom stereocenters. The summed E-state index contributed by atoms with van der Waals surface area (Å²) in [5, 5.41) is 5.75. The maximum absolute atomic E-state index is 12.5. The topological polar surface area (TPSA) is 58.2 Å². The molecule has 2 amide bonds. The molecule has 2 N–H and O–H groups in total. The first-order valence-corrected chi connectivity index (χ1v) is 7.97. The van der Waals surface area contributed by atoms with Crippen molar-refractivity contribution in [1.82, 2.24) is 0 Å². The van der Waals surface area contributed by atoms with Gasteiger partial charge in [-0.3, -0.25) is 9.59 Å². The summed E-state index contributed by atoms with van der Waals surface area (Å²) in [5.74, 6) is -0.289. The number of rotatable bonds is 3. The molecule has 4 heteroatoms. The average Bonchev–Trinajstić information content (AvgIpc) is 2.49. The van der Waals surface area contributed by atoms with Crippen LogP contribution in [0.5, 0.6) is 0 Å². The van der Waals surface area contributed by atoms with Crippen LogP contribution in [0.3, 0.4) is 0 Å². The third kappa shape index (κ3) is 4.44. The largest absolute Gasteiger partial charge is 0.326 e. The van der Waals surface area contributed by atoms with Crippen molar-refractivity contribution < 1.29 is 9.59 Å². The van der Waals surface area contributed by atoms with Crippen LogP contribution < -0.4 is 10.6 Å². The Hall–Kier alpha value is -2.62. The second-order valence-electron chi connectivity index (χ2n) is 7.06. The molecule has 0 atom stereocenters. The summed E-state index contributed by atoms with van der Waals surface area (Å²) < 4.78 is 0. The summed E-state index contributed by atoms with van der Waals surface area (Å²) in [5.41, 5.74) is 3.58. The number of hydrogen-bond donors (Lipinski definition) is 2. The molecule has 24 heavy (non-hydrogen) atoms. The highest BCUT2D eigenvalue weighted by molar-refractivity contribution is 6.05. The number of aryl methyl sites for hydroxylation is 2. The zero-order chi connectivity index (χ0) is 17.9. The van der Waals surface area contributed by atoms with Crippen LogP contribution in [-0.4, -0.2) is 11.8 Å². The lowest BCUT2D eigenvalue weighted by atomic mass is 9.95.